The lowest BCUT2D eigenvalue weighted by Gasteiger charge is -2.15. The largest absolute Gasteiger partial charge is 0.356 e. The van der Waals surface area contributed by atoms with Crippen LogP contribution in [0, 0.1) is 0 Å². The molecule has 2 aliphatic heterocycles. The Labute approximate surface area is 201 Å². The Kier molecular flexibility index (Phi) is 7.88. The lowest BCUT2D eigenvalue weighted by atomic mass is 10.2. The van der Waals surface area contributed by atoms with E-state index in [0.29, 0.717) is 38.0 Å². The van der Waals surface area contributed by atoms with Crippen molar-refractivity contribution in [3.8, 4) is 0 Å². The smallest absolute Gasteiger partial charge is 0.243 e. The first-order chi connectivity index (χ1) is 16.4. The maximum atomic E-state index is 13.0. The van der Waals surface area contributed by atoms with Gasteiger partial charge in [-0.3, -0.25) is 9.59 Å². The summed E-state index contributed by atoms with van der Waals surface area (Å²) in [7, 11) is -3.51. The second-order valence-electron chi connectivity index (χ2n) is 9.13. The highest BCUT2D eigenvalue weighted by Gasteiger charge is 2.28. The molecular weight excluding hydrogens is 454 g/mol. The minimum Gasteiger partial charge on any atom is -0.356 e. The van der Waals surface area contributed by atoms with Crippen LogP contribution in [0.3, 0.4) is 0 Å². The quantitative estimate of drug-likeness (QED) is 0.551. The van der Waals surface area contributed by atoms with Crippen molar-refractivity contribution in [1.29, 1.82) is 0 Å². The van der Waals surface area contributed by atoms with Crippen molar-refractivity contribution in [2.45, 2.75) is 69.7 Å². The third kappa shape index (κ3) is 5.43. The number of amides is 2. The molecule has 186 valence electrons. The summed E-state index contributed by atoms with van der Waals surface area (Å²) in [6.45, 7) is 5.94. The summed E-state index contributed by atoms with van der Waals surface area (Å²) in [6, 6.07) is 5.15. The molecule has 34 heavy (non-hydrogen) atoms. The second kappa shape index (κ2) is 10.9. The van der Waals surface area contributed by atoms with Gasteiger partial charge in [-0.25, -0.2) is 13.4 Å². The molecule has 1 aromatic carbocycles. The highest BCUT2D eigenvalue weighted by Crippen LogP contribution is 2.26. The summed E-state index contributed by atoms with van der Waals surface area (Å²) < 4.78 is 29.5. The van der Waals surface area contributed by atoms with Crippen LogP contribution in [0.2, 0.25) is 0 Å². The predicted octanol–water partition coefficient (Wildman–Crippen LogP) is 2.29. The van der Waals surface area contributed by atoms with Crippen molar-refractivity contribution in [3.05, 3.63) is 24.0 Å². The second-order valence-corrected chi connectivity index (χ2v) is 11.1. The van der Waals surface area contributed by atoms with Crippen LogP contribution >= 0.6 is 0 Å². The molecule has 1 aromatic heterocycles. The van der Waals surface area contributed by atoms with Gasteiger partial charge in [-0.1, -0.05) is 6.92 Å². The van der Waals surface area contributed by atoms with E-state index in [-0.39, 0.29) is 23.1 Å². The number of rotatable bonds is 10. The number of hydrogen-bond donors (Lipinski definition) is 1. The highest BCUT2D eigenvalue weighted by molar-refractivity contribution is 7.89. The van der Waals surface area contributed by atoms with E-state index < -0.39 is 10.0 Å². The van der Waals surface area contributed by atoms with Crippen molar-refractivity contribution in [2.24, 2.45) is 0 Å². The molecule has 2 aromatic rings. The van der Waals surface area contributed by atoms with Crippen LogP contribution in [0.15, 0.2) is 23.1 Å². The standard InChI is InChI=1S/C24H35N5O4S/c1-2-13-29-21-8-7-19(34(32,33)28-16-5-6-17-28)18-20(21)26-22(29)9-10-23(30)25-12-11-24(31)27-14-3-4-15-27/h7-8,18H,2-6,9-17H2,1H3,(H,25,30). The monoisotopic (exact) mass is 489 g/mol. The zero-order chi connectivity index (χ0) is 24.1. The Morgan fingerprint density at radius 2 is 1.74 bits per heavy atom. The first-order valence-corrected chi connectivity index (χ1v) is 13.9. The zero-order valence-corrected chi connectivity index (χ0v) is 20.8. The molecule has 9 nitrogen and oxygen atoms in total. The van der Waals surface area contributed by atoms with E-state index in [1.807, 2.05) is 11.0 Å². The Morgan fingerprint density at radius 1 is 1.03 bits per heavy atom. The summed E-state index contributed by atoms with van der Waals surface area (Å²) >= 11 is 0. The normalized spacial score (nSPS) is 17.0. The van der Waals surface area contributed by atoms with Crippen molar-refractivity contribution >= 4 is 32.9 Å². The number of likely N-dealkylation sites (tertiary alicyclic amines) is 1. The van der Waals surface area contributed by atoms with Crippen LogP contribution in [0.5, 0.6) is 0 Å². The van der Waals surface area contributed by atoms with E-state index in [9.17, 15) is 18.0 Å². The fourth-order valence-electron chi connectivity index (χ4n) is 4.81. The van der Waals surface area contributed by atoms with Crippen molar-refractivity contribution in [1.82, 2.24) is 24.1 Å². The summed E-state index contributed by atoms with van der Waals surface area (Å²) in [4.78, 5) is 31.3. The third-order valence-electron chi connectivity index (χ3n) is 6.64. The topological polar surface area (TPSA) is 105 Å². The average molecular weight is 490 g/mol. The first kappa shape index (κ1) is 24.7. The number of aromatic nitrogens is 2. The van der Waals surface area contributed by atoms with Gasteiger partial charge >= 0.3 is 0 Å². The summed E-state index contributed by atoms with van der Waals surface area (Å²) in [6.07, 6.45) is 5.85. The molecule has 4 rings (SSSR count). The molecule has 0 bridgehead atoms. The average Bonchev–Trinajstić information content (AvgIpc) is 3.59. The van der Waals surface area contributed by atoms with Crippen LogP contribution < -0.4 is 5.32 Å². The fraction of sp³-hybridized carbons (Fsp3) is 0.625. The summed E-state index contributed by atoms with van der Waals surface area (Å²) in [5, 5.41) is 2.84. The number of carbonyl (C=O) groups excluding carboxylic acids is 2. The van der Waals surface area contributed by atoms with Gasteiger partial charge in [0.2, 0.25) is 21.8 Å². The molecule has 0 saturated carbocycles. The molecule has 10 heteroatoms. The van der Waals surface area contributed by atoms with E-state index in [1.165, 1.54) is 4.31 Å². The van der Waals surface area contributed by atoms with Crippen LogP contribution in [0.1, 0.15) is 57.7 Å². The van der Waals surface area contributed by atoms with Gasteiger partial charge in [-0.15, -0.1) is 0 Å². The molecular formula is C24H35N5O4S. The van der Waals surface area contributed by atoms with Crippen LogP contribution in [0.25, 0.3) is 11.0 Å². The molecule has 2 amide bonds. The molecule has 0 aliphatic carbocycles. The number of nitrogens with zero attached hydrogens (tertiary/aromatic N) is 4. The van der Waals surface area contributed by atoms with Gasteiger partial charge in [0, 0.05) is 58.5 Å². The number of aryl methyl sites for hydroxylation is 2. The van der Waals surface area contributed by atoms with E-state index in [4.69, 9.17) is 4.98 Å². The van der Waals surface area contributed by atoms with Gasteiger partial charge in [-0.05, 0) is 50.3 Å². The van der Waals surface area contributed by atoms with Crippen molar-refractivity contribution in [2.75, 3.05) is 32.7 Å². The minimum absolute atomic E-state index is 0.0993. The van der Waals surface area contributed by atoms with E-state index in [1.54, 1.807) is 12.1 Å². The Balaban J connectivity index is 1.40. The molecule has 2 saturated heterocycles. The van der Waals surface area contributed by atoms with Gasteiger partial charge in [0.15, 0.2) is 0 Å². The number of imidazole rings is 1. The zero-order valence-electron chi connectivity index (χ0n) is 20.0. The van der Waals surface area contributed by atoms with Crippen LogP contribution in [-0.2, 0) is 32.6 Å². The molecule has 0 atom stereocenters. The van der Waals surface area contributed by atoms with Crippen LogP contribution in [-0.4, -0.2) is 71.7 Å². The number of sulfonamides is 1. The molecule has 0 radical (unpaired) electrons. The molecule has 3 heterocycles. The summed E-state index contributed by atoms with van der Waals surface area (Å²) in [5.74, 6) is 0.764. The predicted molar refractivity (Wildman–Crippen MR) is 130 cm³/mol. The van der Waals surface area contributed by atoms with Gasteiger partial charge < -0.3 is 14.8 Å². The van der Waals surface area contributed by atoms with Gasteiger partial charge in [0.05, 0.1) is 15.9 Å². The van der Waals surface area contributed by atoms with Crippen molar-refractivity contribution < 1.29 is 18.0 Å². The molecule has 2 aliphatic rings. The van der Waals surface area contributed by atoms with E-state index >= 15 is 0 Å². The van der Waals surface area contributed by atoms with E-state index in [0.717, 1.165) is 63.1 Å². The maximum absolute atomic E-state index is 13.0. The maximum Gasteiger partial charge on any atom is 0.243 e. The highest BCUT2D eigenvalue weighted by atomic mass is 32.2. The fourth-order valence-corrected chi connectivity index (χ4v) is 6.35. The molecule has 2 fully saturated rings. The van der Waals surface area contributed by atoms with Gasteiger partial charge in [-0.2, -0.15) is 4.31 Å². The Bertz CT molecular complexity index is 1130. The lowest BCUT2D eigenvalue weighted by molar-refractivity contribution is -0.130. The summed E-state index contributed by atoms with van der Waals surface area (Å²) in [5.41, 5.74) is 1.52. The number of carbonyl (C=O) groups is 2. The van der Waals surface area contributed by atoms with Crippen molar-refractivity contribution in [3.63, 3.8) is 0 Å². The molecule has 1 N–H and O–H groups in total. The number of nitrogens with one attached hydrogen (secondary N) is 1. The number of hydrogen-bond acceptors (Lipinski definition) is 5. The Hall–Kier alpha value is -2.46. The minimum atomic E-state index is -3.51. The van der Waals surface area contributed by atoms with Gasteiger partial charge in [0.25, 0.3) is 0 Å². The van der Waals surface area contributed by atoms with Crippen LogP contribution in [0.4, 0.5) is 0 Å². The molecule has 0 spiro atoms. The SMILES string of the molecule is CCCn1c(CCC(=O)NCCC(=O)N2CCCC2)nc2cc(S(=O)(=O)N3CCCC3)ccc21. The number of fused-ring (bicyclic) bond motifs is 1. The first-order valence-electron chi connectivity index (χ1n) is 12.4. The third-order valence-corrected chi connectivity index (χ3v) is 8.54. The Morgan fingerprint density at radius 3 is 2.44 bits per heavy atom. The van der Waals surface area contributed by atoms with Gasteiger partial charge in [0.1, 0.15) is 5.82 Å². The number of benzene rings is 1. The van der Waals surface area contributed by atoms with E-state index in [2.05, 4.69) is 16.8 Å². The lowest BCUT2D eigenvalue weighted by Crippen LogP contribution is -2.32. The molecule has 0 unspecified atom stereocenters.